The zero-order valence-electron chi connectivity index (χ0n) is 16.3. The molecule has 0 atom stereocenters. The lowest BCUT2D eigenvalue weighted by Gasteiger charge is -2.26. The summed E-state index contributed by atoms with van der Waals surface area (Å²) in [4.78, 5) is 12.0. The SMILES string of the molecule is C=CCN(c1cccc(C(=O)OC)c1C)S(=O)(=O)c1ccc(OC)c(OC)c1. The zero-order chi connectivity index (χ0) is 20.9. The normalized spacial score (nSPS) is 10.9. The van der Waals surface area contributed by atoms with E-state index in [1.165, 1.54) is 49.9 Å². The van der Waals surface area contributed by atoms with E-state index in [1.807, 2.05) is 0 Å². The number of hydrogen-bond donors (Lipinski definition) is 0. The van der Waals surface area contributed by atoms with Gasteiger partial charge in [0, 0.05) is 6.07 Å². The summed E-state index contributed by atoms with van der Waals surface area (Å²) in [6, 6.07) is 9.17. The first-order valence-corrected chi connectivity index (χ1v) is 9.79. The number of rotatable bonds is 8. The number of ether oxygens (including phenoxy) is 3. The molecule has 2 aromatic carbocycles. The van der Waals surface area contributed by atoms with E-state index >= 15 is 0 Å². The van der Waals surface area contributed by atoms with Gasteiger partial charge in [-0.15, -0.1) is 6.58 Å². The number of nitrogens with zero attached hydrogens (tertiary/aromatic N) is 1. The van der Waals surface area contributed by atoms with Crippen LogP contribution >= 0.6 is 0 Å². The molecule has 0 aliphatic carbocycles. The molecular formula is C20H23NO6S. The molecule has 2 rings (SSSR count). The predicted octanol–water partition coefficient (Wildman–Crippen LogP) is 3.18. The van der Waals surface area contributed by atoms with Crippen molar-refractivity contribution in [3.05, 3.63) is 60.2 Å². The molecule has 0 fully saturated rings. The molecule has 0 aliphatic rings. The lowest BCUT2D eigenvalue weighted by atomic mass is 10.1. The molecule has 0 amide bonds. The molecule has 0 bridgehead atoms. The lowest BCUT2D eigenvalue weighted by Crippen LogP contribution is -2.32. The van der Waals surface area contributed by atoms with Crippen molar-refractivity contribution in [2.45, 2.75) is 11.8 Å². The standard InChI is InChI=1S/C20H23NO6S/c1-6-12-21(17-9-7-8-16(14(17)2)20(22)27-5)28(23,24)15-10-11-18(25-3)19(13-15)26-4/h6-11,13H,1,12H2,2-5H3. The Labute approximate surface area is 165 Å². The van der Waals surface area contributed by atoms with Crippen molar-refractivity contribution in [3.8, 4) is 11.5 Å². The minimum atomic E-state index is -3.97. The van der Waals surface area contributed by atoms with Crippen LogP contribution in [0, 0.1) is 6.92 Å². The number of methoxy groups -OCH3 is 3. The molecular weight excluding hydrogens is 382 g/mol. The second kappa shape index (κ2) is 8.79. The third kappa shape index (κ3) is 3.96. The number of carbonyl (C=O) groups excluding carboxylic acids is 1. The van der Waals surface area contributed by atoms with Crippen molar-refractivity contribution >= 4 is 21.7 Å². The minimum absolute atomic E-state index is 0.0160. The van der Waals surface area contributed by atoms with Crippen LogP contribution in [0.5, 0.6) is 11.5 Å². The molecule has 0 saturated heterocycles. The summed E-state index contributed by atoms with van der Waals surface area (Å²) in [6.45, 7) is 5.34. The fourth-order valence-corrected chi connectivity index (χ4v) is 4.28. The van der Waals surface area contributed by atoms with Gasteiger partial charge in [0.05, 0.1) is 44.0 Å². The van der Waals surface area contributed by atoms with E-state index in [9.17, 15) is 13.2 Å². The van der Waals surface area contributed by atoms with Gasteiger partial charge in [0.25, 0.3) is 10.0 Å². The van der Waals surface area contributed by atoms with Gasteiger partial charge in [0.2, 0.25) is 0 Å². The minimum Gasteiger partial charge on any atom is -0.493 e. The molecule has 0 aromatic heterocycles. The first-order valence-electron chi connectivity index (χ1n) is 8.35. The Kier molecular flexibility index (Phi) is 6.69. The number of anilines is 1. The van der Waals surface area contributed by atoms with Crippen molar-refractivity contribution in [1.82, 2.24) is 0 Å². The van der Waals surface area contributed by atoms with Crippen molar-refractivity contribution in [2.24, 2.45) is 0 Å². The summed E-state index contributed by atoms with van der Waals surface area (Å²) in [7, 11) is 0.203. The molecule has 28 heavy (non-hydrogen) atoms. The molecule has 0 aliphatic heterocycles. The van der Waals surface area contributed by atoms with E-state index in [1.54, 1.807) is 25.1 Å². The van der Waals surface area contributed by atoms with Crippen LogP contribution in [-0.4, -0.2) is 42.3 Å². The van der Waals surface area contributed by atoms with E-state index < -0.39 is 16.0 Å². The van der Waals surface area contributed by atoms with Crippen molar-refractivity contribution in [1.29, 1.82) is 0 Å². The van der Waals surface area contributed by atoms with Crippen molar-refractivity contribution in [2.75, 3.05) is 32.2 Å². The Bertz CT molecular complexity index is 984. The molecule has 0 spiro atoms. The summed E-state index contributed by atoms with van der Waals surface area (Å²) < 4.78 is 43.1. The van der Waals surface area contributed by atoms with E-state index in [-0.39, 0.29) is 17.0 Å². The van der Waals surface area contributed by atoms with Crippen molar-refractivity contribution in [3.63, 3.8) is 0 Å². The van der Waals surface area contributed by atoms with Gasteiger partial charge in [0.15, 0.2) is 11.5 Å². The quantitative estimate of drug-likeness (QED) is 0.496. The Balaban J connectivity index is 2.63. The number of sulfonamides is 1. The van der Waals surface area contributed by atoms with E-state index in [4.69, 9.17) is 14.2 Å². The molecule has 150 valence electrons. The average molecular weight is 405 g/mol. The maximum atomic E-state index is 13.4. The molecule has 0 radical (unpaired) electrons. The maximum absolute atomic E-state index is 13.4. The molecule has 0 unspecified atom stereocenters. The summed E-state index contributed by atoms with van der Waals surface area (Å²) in [5, 5.41) is 0. The highest BCUT2D eigenvalue weighted by molar-refractivity contribution is 7.92. The number of carbonyl (C=O) groups is 1. The van der Waals surface area contributed by atoms with Gasteiger partial charge in [0.1, 0.15) is 0 Å². The number of benzene rings is 2. The molecule has 8 heteroatoms. The van der Waals surface area contributed by atoms with E-state index in [0.29, 0.717) is 22.7 Å². The molecule has 7 nitrogen and oxygen atoms in total. The van der Waals surface area contributed by atoms with Crippen LogP contribution < -0.4 is 13.8 Å². The van der Waals surface area contributed by atoms with Crippen LogP contribution in [0.2, 0.25) is 0 Å². The third-order valence-electron chi connectivity index (χ3n) is 4.22. The van der Waals surface area contributed by atoms with E-state index in [0.717, 1.165) is 0 Å². The predicted molar refractivity (Wildman–Crippen MR) is 107 cm³/mol. The highest BCUT2D eigenvalue weighted by atomic mass is 32.2. The Morgan fingerprint density at radius 3 is 2.36 bits per heavy atom. The summed E-state index contributed by atoms with van der Waals surface area (Å²) >= 11 is 0. The molecule has 0 saturated carbocycles. The smallest absolute Gasteiger partial charge is 0.338 e. The second-order valence-electron chi connectivity index (χ2n) is 5.78. The first-order chi connectivity index (χ1) is 13.3. The molecule has 0 N–H and O–H groups in total. The lowest BCUT2D eigenvalue weighted by molar-refractivity contribution is 0.0600. The Morgan fingerprint density at radius 2 is 1.79 bits per heavy atom. The second-order valence-corrected chi connectivity index (χ2v) is 7.65. The van der Waals surface area contributed by atoms with Crippen LogP contribution in [-0.2, 0) is 14.8 Å². The van der Waals surface area contributed by atoms with Gasteiger partial charge in [-0.05, 0) is 36.8 Å². The Hall–Kier alpha value is -3.00. The largest absolute Gasteiger partial charge is 0.493 e. The Morgan fingerprint density at radius 1 is 1.11 bits per heavy atom. The van der Waals surface area contributed by atoms with Gasteiger partial charge < -0.3 is 14.2 Å². The van der Waals surface area contributed by atoms with Gasteiger partial charge in [-0.3, -0.25) is 4.31 Å². The zero-order valence-corrected chi connectivity index (χ0v) is 17.1. The topological polar surface area (TPSA) is 82.1 Å². The summed E-state index contributed by atoms with van der Waals surface area (Å²) in [5.41, 5.74) is 1.13. The number of esters is 1. The van der Waals surface area contributed by atoms with Crippen LogP contribution in [0.15, 0.2) is 53.9 Å². The van der Waals surface area contributed by atoms with Gasteiger partial charge in [-0.25, -0.2) is 13.2 Å². The van der Waals surface area contributed by atoms with Crippen LogP contribution in [0.1, 0.15) is 15.9 Å². The van der Waals surface area contributed by atoms with Crippen LogP contribution in [0.25, 0.3) is 0 Å². The summed E-state index contributed by atoms with van der Waals surface area (Å²) in [5.74, 6) is 0.171. The average Bonchev–Trinajstić information content (AvgIpc) is 2.71. The van der Waals surface area contributed by atoms with Gasteiger partial charge in [-0.1, -0.05) is 12.1 Å². The monoisotopic (exact) mass is 405 g/mol. The summed E-state index contributed by atoms with van der Waals surface area (Å²) in [6.07, 6.45) is 1.47. The first kappa shape index (κ1) is 21.3. The maximum Gasteiger partial charge on any atom is 0.338 e. The molecule has 0 heterocycles. The number of hydrogen-bond acceptors (Lipinski definition) is 6. The van der Waals surface area contributed by atoms with Crippen molar-refractivity contribution < 1.29 is 27.4 Å². The van der Waals surface area contributed by atoms with E-state index in [2.05, 4.69) is 6.58 Å². The fourth-order valence-electron chi connectivity index (χ4n) is 2.77. The third-order valence-corrected chi connectivity index (χ3v) is 5.99. The van der Waals surface area contributed by atoms with Gasteiger partial charge in [-0.2, -0.15) is 0 Å². The molecule has 2 aromatic rings. The van der Waals surface area contributed by atoms with Crippen LogP contribution in [0.3, 0.4) is 0 Å². The van der Waals surface area contributed by atoms with Crippen LogP contribution in [0.4, 0.5) is 5.69 Å². The fraction of sp³-hybridized carbons (Fsp3) is 0.250. The highest BCUT2D eigenvalue weighted by Gasteiger charge is 2.28. The van der Waals surface area contributed by atoms with Gasteiger partial charge >= 0.3 is 5.97 Å². The highest BCUT2D eigenvalue weighted by Crippen LogP contribution is 2.33.